The molecule has 0 aromatic heterocycles. The van der Waals surface area contributed by atoms with Gasteiger partial charge in [0.25, 0.3) is 5.91 Å². The number of hydrogen-bond donors (Lipinski definition) is 2. The van der Waals surface area contributed by atoms with E-state index in [1.165, 1.54) is 12.8 Å². The summed E-state index contributed by atoms with van der Waals surface area (Å²) in [6.07, 6.45) is 10.3. The van der Waals surface area contributed by atoms with Crippen LogP contribution in [0.15, 0.2) is 48.5 Å². The zero-order chi connectivity index (χ0) is 28.8. The van der Waals surface area contributed by atoms with Gasteiger partial charge in [-0.2, -0.15) is 0 Å². The molecule has 2 aliphatic carbocycles. The van der Waals surface area contributed by atoms with Crippen LogP contribution in [0.25, 0.3) is 0 Å². The van der Waals surface area contributed by atoms with Gasteiger partial charge in [-0.25, -0.2) is 0 Å². The summed E-state index contributed by atoms with van der Waals surface area (Å²) in [4.78, 5) is 55.0. The van der Waals surface area contributed by atoms with Gasteiger partial charge in [-0.3, -0.25) is 19.2 Å². The number of carbonyl (C=O) groups is 4. The van der Waals surface area contributed by atoms with Gasteiger partial charge in [0.2, 0.25) is 17.7 Å². The molecule has 1 saturated heterocycles. The number of nitrogens with one attached hydrogen (secondary N) is 2. The smallest absolute Gasteiger partial charge is 0.253 e. The fourth-order valence-electron chi connectivity index (χ4n) is 6.54. The van der Waals surface area contributed by atoms with E-state index in [4.69, 9.17) is 0 Å². The molecule has 4 amide bonds. The Hall–Kier alpha value is -3.68. The molecule has 2 saturated carbocycles. The molecule has 5 rings (SSSR count). The molecule has 3 fully saturated rings. The Morgan fingerprint density at radius 2 is 1.44 bits per heavy atom. The van der Waals surface area contributed by atoms with Gasteiger partial charge < -0.3 is 20.4 Å². The fraction of sp³-hybridized carbons (Fsp3) is 0.515. The lowest BCUT2D eigenvalue weighted by molar-refractivity contribution is -0.138. The number of carbonyl (C=O) groups excluding carboxylic acids is 4. The lowest BCUT2D eigenvalue weighted by Crippen LogP contribution is -2.43. The lowest BCUT2D eigenvalue weighted by atomic mass is 9.94. The third kappa shape index (κ3) is 7.34. The average molecular weight is 559 g/mol. The van der Waals surface area contributed by atoms with Gasteiger partial charge in [0.1, 0.15) is 0 Å². The minimum absolute atomic E-state index is 0.0109. The lowest BCUT2D eigenvalue weighted by Gasteiger charge is -2.33. The van der Waals surface area contributed by atoms with Gasteiger partial charge in [0, 0.05) is 55.0 Å². The first-order valence-corrected chi connectivity index (χ1v) is 15.2. The highest BCUT2D eigenvalue weighted by molar-refractivity contribution is 5.96. The second-order valence-electron chi connectivity index (χ2n) is 11.9. The van der Waals surface area contributed by atoms with Crippen molar-refractivity contribution in [3.05, 3.63) is 59.7 Å². The van der Waals surface area contributed by atoms with E-state index < -0.39 is 0 Å². The molecular formula is C33H42N4O4. The van der Waals surface area contributed by atoms with Crippen molar-refractivity contribution >= 4 is 35.0 Å². The first-order chi connectivity index (χ1) is 19.9. The maximum Gasteiger partial charge on any atom is 0.253 e. The van der Waals surface area contributed by atoms with Gasteiger partial charge >= 0.3 is 0 Å². The average Bonchev–Trinajstić information content (AvgIpc) is 3.72. The zero-order valence-electron chi connectivity index (χ0n) is 24.1. The molecule has 1 aliphatic heterocycles. The zero-order valence-corrected chi connectivity index (χ0v) is 24.1. The predicted octanol–water partition coefficient (Wildman–Crippen LogP) is 5.25. The summed E-state index contributed by atoms with van der Waals surface area (Å²) in [6, 6.07) is 14.7. The topological polar surface area (TPSA) is 98.8 Å². The molecule has 3 aliphatic rings. The standard InChI is InChI=1S/C33H42N4O4/c1-36(29-11-4-5-12-29)32(40)26-13-15-27(16-14-26)34-30(38)22-23-7-6-10-28(21-23)35-31(39)24-17-19-37(20-18-24)33(41)25-8-2-3-9-25/h6-7,10,13-16,21,24-25,29H,2-5,8-9,11-12,17-20,22H2,1H3,(H,34,38)(H,35,39). The predicted molar refractivity (Wildman–Crippen MR) is 159 cm³/mol. The molecule has 0 unspecified atom stereocenters. The van der Waals surface area contributed by atoms with Crippen molar-refractivity contribution in [1.82, 2.24) is 9.80 Å². The first kappa shape index (κ1) is 28.8. The van der Waals surface area contributed by atoms with Crippen molar-refractivity contribution in [2.75, 3.05) is 30.8 Å². The molecule has 0 spiro atoms. The Balaban J connectivity index is 1.08. The Morgan fingerprint density at radius 3 is 2.12 bits per heavy atom. The quantitative estimate of drug-likeness (QED) is 0.462. The molecule has 1 heterocycles. The van der Waals surface area contributed by atoms with Crippen LogP contribution in [0.1, 0.15) is 80.1 Å². The first-order valence-electron chi connectivity index (χ1n) is 15.2. The van der Waals surface area contributed by atoms with E-state index in [2.05, 4.69) is 10.6 Å². The number of anilines is 2. The normalized spacial score (nSPS) is 18.3. The maximum atomic E-state index is 12.9. The van der Waals surface area contributed by atoms with E-state index in [0.29, 0.717) is 48.9 Å². The Bertz CT molecular complexity index is 1240. The SMILES string of the molecule is CN(C(=O)c1ccc(NC(=O)Cc2cccc(NC(=O)C3CCN(C(=O)C4CCCC4)CC3)c2)cc1)C1CCCC1. The highest BCUT2D eigenvalue weighted by Gasteiger charge is 2.32. The minimum Gasteiger partial charge on any atom is -0.342 e. The van der Waals surface area contributed by atoms with Gasteiger partial charge in [-0.05, 0) is 80.5 Å². The van der Waals surface area contributed by atoms with Crippen LogP contribution in [0.4, 0.5) is 11.4 Å². The summed E-state index contributed by atoms with van der Waals surface area (Å²) >= 11 is 0. The Labute approximate surface area is 242 Å². The monoisotopic (exact) mass is 558 g/mol. The van der Waals surface area contributed by atoms with Gasteiger partial charge in [-0.1, -0.05) is 37.8 Å². The molecule has 218 valence electrons. The van der Waals surface area contributed by atoms with E-state index in [-0.39, 0.29) is 41.9 Å². The number of amides is 4. The van der Waals surface area contributed by atoms with Gasteiger partial charge in [-0.15, -0.1) is 0 Å². The summed E-state index contributed by atoms with van der Waals surface area (Å²) in [7, 11) is 1.87. The van der Waals surface area contributed by atoms with Crippen LogP contribution in [-0.4, -0.2) is 59.6 Å². The highest BCUT2D eigenvalue weighted by atomic mass is 16.2. The molecule has 8 nitrogen and oxygen atoms in total. The summed E-state index contributed by atoms with van der Waals surface area (Å²) in [5.41, 5.74) is 2.71. The van der Waals surface area contributed by atoms with E-state index in [0.717, 1.165) is 44.1 Å². The molecular weight excluding hydrogens is 516 g/mol. The molecule has 0 bridgehead atoms. The Kier molecular flexibility index (Phi) is 9.37. The van der Waals surface area contributed by atoms with Crippen molar-refractivity contribution < 1.29 is 19.2 Å². The minimum atomic E-state index is -0.171. The third-order valence-corrected chi connectivity index (χ3v) is 9.05. The third-order valence-electron chi connectivity index (χ3n) is 9.05. The largest absolute Gasteiger partial charge is 0.342 e. The van der Waals surface area contributed by atoms with Crippen LogP contribution >= 0.6 is 0 Å². The maximum absolute atomic E-state index is 12.9. The van der Waals surface area contributed by atoms with Crippen LogP contribution in [0.2, 0.25) is 0 Å². The summed E-state index contributed by atoms with van der Waals surface area (Å²) in [6.45, 7) is 1.28. The van der Waals surface area contributed by atoms with Crippen molar-refractivity contribution in [1.29, 1.82) is 0 Å². The van der Waals surface area contributed by atoms with Crippen LogP contribution in [0.5, 0.6) is 0 Å². The Morgan fingerprint density at radius 1 is 0.780 bits per heavy atom. The molecule has 8 heteroatoms. The second-order valence-corrected chi connectivity index (χ2v) is 11.9. The number of hydrogen-bond acceptors (Lipinski definition) is 4. The molecule has 0 atom stereocenters. The number of benzene rings is 2. The van der Waals surface area contributed by atoms with Gasteiger partial charge in [0.15, 0.2) is 0 Å². The number of likely N-dealkylation sites (tertiary alicyclic amines) is 1. The molecule has 41 heavy (non-hydrogen) atoms. The number of piperidine rings is 1. The highest BCUT2D eigenvalue weighted by Crippen LogP contribution is 2.29. The van der Waals surface area contributed by atoms with E-state index in [1.807, 2.05) is 41.1 Å². The summed E-state index contributed by atoms with van der Waals surface area (Å²) < 4.78 is 0. The second kappa shape index (κ2) is 13.3. The fourth-order valence-corrected chi connectivity index (χ4v) is 6.54. The molecule has 2 aromatic rings. The number of nitrogens with zero attached hydrogens (tertiary/aromatic N) is 2. The number of rotatable bonds is 8. The van der Waals surface area contributed by atoms with E-state index in [9.17, 15) is 19.2 Å². The van der Waals surface area contributed by atoms with E-state index in [1.54, 1.807) is 24.3 Å². The summed E-state index contributed by atoms with van der Waals surface area (Å²) in [5, 5.41) is 5.91. The van der Waals surface area contributed by atoms with Crippen LogP contribution in [0, 0.1) is 11.8 Å². The van der Waals surface area contributed by atoms with Gasteiger partial charge in [0.05, 0.1) is 6.42 Å². The van der Waals surface area contributed by atoms with Crippen LogP contribution in [-0.2, 0) is 20.8 Å². The summed E-state index contributed by atoms with van der Waals surface area (Å²) in [5.74, 6) is 0.128. The molecule has 2 N–H and O–H groups in total. The van der Waals surface area contributed by atoms with Crippen molar-refractivity contribution in [3.63, 3.8) is 0 Å². The van der Waals surface area contributed by atoms with E-state index >= 15 is 0 Å². The van der Waals surface area contributed by atoms with Crippen LogP contribution in [0.3, 0.4) is 0 Å². The van der Waals surface area contributed by atoms with Crippen molar-refractivity contribution in [2.45, 2.75) is 76.7 Å². The van der Waals surface area contributed by atoms with Crippen molar-refractivity contribution in [2.24, 2.45) is 11.8 Å². The molecule has 0 radical (unpaired) electrons. The van der Waals surface area contributed by atoms with Crippen molar-refractivity contribution in [3.8, 4) is 0 Å². The molecule has 2 aromatic carbocycles. The van der Waals surface area contributed by atoms with Crippen LogP contribution < -0.4 is 10.6 Å².